The SMILES string of the molecule is c1ncc2cc(-c3nn[nH]n3)ncc2n1. The first kappa shape index (κ1) is 7.92. The highest BCUT2D eigenvalue weighted by Crippen LogP contribution is 2.15. The molecule has 0 atom stereocenters. The minimum atomic E-state index is 0.459. The molecular weight excluding hydrogens is 194 g/mol. The average molecular weight is 199 g/mol. The molecule has 0 radical (unpaired) electrons. The van der Waals surface area contributed by atoms with E-state index in [0.29, 0.717) is 11.5 Å². The van der Waals surface area contributed by atoms with Crippen LogP contribution in [0.5, 0.6) is 0 Å². The Morgan fingerprint density at radius 3 is 3.00 bits per heavy atom. The van der Waals surface area contributed by atoms with Crippen molar-refractivity contribution in [1.82, 2.24) is 35.6 Å². The summed E-state index contributed by atoms with van der Waals surface area (Å²) in [5, 5.41) is 14.4. The van der Waals surface area contributed by atoms with Crippen molar-refractivity contribution in [2.75, 3.05) is 0 Å². The van der Waals surface area contributed by atoms with Crippen LogP contribution in [0.4, 0.5) is 0 Å². The summed E-state index contributed by atoms with van der Waals surface area (Å²) >= 11 is 0. The van der Waals surface area contributed by atoms with E-state index < -0.39 is 0 Å². The summed E-state index contributed by atoms with van der Waals surface area (Å²) in [5.74, 6) is 0.459. The number of hydrogen-bond donors (Lipinski definition) is 1. The van der Waals surface area contributed by atoms with E-state index in [0.717, 1.165) is 10.9 Å². The number of aromatic amines is 1. The van der Waals surface area contributed by atoms with Gasteiger partial charge in [-0.05, 0) is 11.3 Å². The van der Waals surface area contributed by atoms with E-state index in [2.05, 4.69) is 35.6 Å². The van der Waals surface area contributed by atoms with Gasteiger partial charge in [0.25, 0.3) is 0 Å². The second-order valence-corrected chi connectivity index (χ2v) is 2.89. The molecule has 1 N–H and O–H groups in total. The van der Waals surface area contributed by atoms with Crippen LogP contribution in [0.1, 0.15) is 0 Å². The molecule has 0 aliphatic heterocycles. The van der Waals surface area contributed by atoms with Crippen molar-refractivity contribution in [3.8, 4) is 11.5 Å². The maximum Gasteiger partial charge on any atom is 0.222 e. The molecule has 3 aromatic heterocycles. The normalized spacial score (nSPS) is 10.7. The molecule has 0 bridgehead atoms. The second kappa shape index (κ2) is 3.05. The Morgan fingerprint density at radius 2 is 2.13 bits per heavy atom. The standard InChI is InChI=1S/C8H5N7/c1-5-2-9-4-11-7(5)3-10-6(1)8-12-14-15-13-8/h1-4H,(H,12,13,14,15). The van der Waals surface area contributed by atoms with Gasteiger partial charge < -0.3 is 0 Å². The first-order valence-electron chi connectivity index (χ1n) is 4.23. The molecule has 0 unspecified atom stereocenters. The summed E-state index contributed by atoms with van der Waals surface area (Å²) < 4.78 is 0. The third kappa shape index (κ3) is 1.30. The lowest BCUT2D eigenvalue weighted by atomic mass is 10.2. The van der Waals surface area contributed by atoms with E-state index in [1.54, 1.807) is 12.4 Å². The van der Waals surface area contributed by atoms with Crippen LogP contribution in [0, 0.1) is 0 Å². The molecule has 0 fully saturated rings. The minimum absolute atomic E-state index is 0.459. The number of tetrazole rings is 1. The molecule has 0 aliphatic carbocycles. The minimum Gasteiger partial charge on any atom is -0.250 e. The Bertz CT molecular complexity index is 589. The molecule has 7 nitrogen and oxygen atoms in total. The predicted octanol–water partition coefficient (Wildman–Crippen LogP) is 0.205. The molecule has 15 heavy (non-hydrogen) atoms. The van der Waals surface area contributed by atoms with Crippen LogP contribution >= 0.6 is 0 Å². The first-order valence-corrected chi connectivity index (χ1v) is 4.23. The van der Waals surface area contributed by atoms with Gasteiger partial charge in [-0.1, -0.05) is 0 Å². The molecule has 7 heteroatoms. The van der Waals surface area contributed by atoms with Crippen LogP contribution in [0.25, 0.3) is 22.4 Å². The first-order chi connectivity index (χ1) is 7.43. The summed E-state index contributed by atoms with van der Waals surface area (Å²) in [4.78, 5) is 12.2. The highest BCUT2D eigenvalue weighted by atomic mass is 15.5. The van der Waals surface area contributed by atoms with Gasteiger partial charge in [0.2, 0.25) is 5.82 Å². The maximum atomic E-state index is 4.17. The molecule has 0 amide bonds. The Kier molecular flexibility index (Phi) is 1.61. The summed E-state index contributed by atoms with van der Waals surface area (Å²) in [5.41, 5.74) is 1.43. The number of aromatic nitrogens is 7. The van der Waals surface area contributed by atoms with Gasteiger partial charge >= 0.3 is 0 Å². The smallest absolute Gasteiger partial charge is 0.222 e. The Morgan fingerprint density at radius 1 is 1.13 bits per heavy atom. The molecule has 0 saturated carbocycles. The van der Waals surface area contributed by atoms with Crippen molar-refractivity contribution in [3.63, 3.8) is 0 Å². The van der Waals surface area contributed by atoms with E-state index in [4.69, 9.17) is 0 Å². The molecule has 3 rings (SSSR count). The summed E-state index contributed by atoms with van der Waals surface area (Å²) in [7, 11) is 0. The fraction of sp³-hybridized carbons (Fsp3) is 0. The number of H-pyrrole nitrogens is 1. The summed E-state index contributed by atoms with van der Waals surface area (Å²) in [6.45, 7) is 0. The van der Waals surface area contributed by atoms with Crippen molar-refractivity contribution in [1.29, 1.82) is 0 Å². The van der Waals surface area contributed by atoms with Gasteiger partial charge in [0, 0.05) is 11.6 Å². The van der Waals surface area contributed by atoms with Crippen molar-refractivity contribution in [2.45, 2.75) is 0 Å². The fourth-order valence-electron chi connectivity index (χ4n) is 1.28. The molecule has 0 spiro atoms. The van der Waals surface area contributed by atoms with Gasteiger partial charge in [0.1, 0.15) is 12.0 Å². The maximum absolute atomic E-state index is 4.17. The second-order valence-electron chi connectivity index (χ2n) is 2.89. The Balaban J connectivity index is 2.22. The lowest BCUT2D eigenvalue weighted by Gasteiger charge is -1.96. The predicted molar refractivity (Wildman–Crippen MR) is 50.5 cm³/mol. The molecule has 3 aromatic rings. The van der Waals surface area contributed by atoms with Crippen LogP contribution < -0.4 is 0 Å². The quantitative estimate of drug-likeness (QED) is 0.601. The highest BCUT2D eigenvalue weighted by Gasteiger charge is 2.05. The van der Waals surface area contributed by atoms with Gasteiger partial charge in [-0.2, -0.15) is 5.21 Å². The number of hydrogen-bond acceptors (Lipinski definition) is 6. The van der Waals surface area contributed by atoms with Crippen LogP contribution in [-0.4, -0.2) is 35.6 Å². The van der Waals surface area contributed by atoms with Gasteiger partial charge in [-0.15, -0.1) is 10.2 Å². The molecule has 3 heterocycles. The van der Waals surface area contributed by atoms with Gasteiger partial charge in [-0.25, -0.2) is 9.97 Å². The van der Waals surface area contributed by atoms with Crippen molar-refractivity contribution >= 4 is 10.9 Å². The zero-order valence-electron chi connectivity index (χ0n) is 7.49. The van der Waals surface area contributed by atoms with Crippen molar-refractivity contribution in [2.24, 2.45) is 0 Å². The van der Waals surface area contributed by atoms with E-state index >= 15 is 0 Å². The number of rotatable bonds is 1. The number of pyridine rings is 1. The average Bonchev–Trinajstić information content (AvgIpc) is 2.82. The summed E-state index contributed by atoms with van der Waals surface area (Å²) in [6.07, 6.45) is 4.86. The number of fused-ring (bicyclic) bond motifs is 1. The monoisotopic (exact) mass is 199 g/mol. The highest BCUT2D eigenvalue weighted by molar-refractivity contribution is 5.79. The van der Waals surface area contributed by atoms with Gasteiger partial charge in [-0.3, -0.25) is 4.98 Å². The fourth-order valence-corrected chi connectivity index (χ4v) is 1.28. The van der Waals surface area contributed by atoms with Crippen molar-refractivity contribution in [3.05, 3.63) is 24.8 Å². The van der Waals surface area contributed by atoms with E-state index in [1.165, 1.54) is 6.33 Å². The number of nitrogens with one attached hydrogen (secondary N) is 1. The largest absolute Gasteiger partial charge is 0.250 e. The van der Waals surface area contributed by atoms with E-state index in [9.17, 15) is 0 Å². The topological polar surface area (TPSA) is 93.1 Å². The lowest BCUT2D eigenvalue weighted by molar-refractivity contribution is 0.881. The third-order valence-corrected chi connectivity index (χ3v) is 1.97. The Hall–Kier alpha value is -2.44. The third-order valence-electron chi connectivity index (χ3n) is 1.97. The Labute approximate surface area is 83.6 Å². The lowest BCUT2D eigenvalue weighted by Crippen LogP contribution is -1.88. The molecule has 0 aliphatic rings. The van der Waals surface area contributed by atoms with Gasteiger partial charge in [0.05, 0.1) is 11.7 Å². The summed E-state index contributed by atoms with van der Waals surface area (Å²) in [6, 6.07) is 1.82. The molecule has 0 aromatic carbocycles. The molecular formula is C8H5N7. The zero-order chi connectivity index (χ0) is 10.1. The molecule has 0 saturated heterocycles. The van der Waals surface area contributed by atoms with Crippen LogP contribution in [-0.2, 0) is 0 Å². The van der Waals surface area contributed by atoms with Gasteiger partial charge in [0.15, 0.2) is 0 Å². The van der Waals surface area contributed by atoms with Crippen LogP contribution in [0.2, 0.25) is 0 Å². The number of nitrogens with zero attached hydrogens (tertiary/aromatic N) is 6. The van der Waals surface area contributed by atoms with E-state index in [1.807, 2.05) is 6.07 Å². The zero-order valence-corrected chi connectivity index (χ0v) is 7.49. The van der Waals surface area contributed by atoms with Crippen LogP contribution in [0.15, 0.2) is 24.8 Å². The van der Waals surface area contributed by atoms with E-state index in [-0.39, 0.29) is 0 Å². The van der Waals surface area contributed by atoms with Crippen molar-refractivity contribution < 1.29 is 0 Å². The molecule has 72 valence electrons. The van der Waals surface area contributed by atoms with Crippen LogP contribution in [0.3, 0.4) is 0 Å².